The van der Waals surface area contributed by atoms with Crippen LogP contribution in [0.2, 0.25) is 0 Å². The Morgan fingerprint density at radius 1 is 1.22 bits per heavy atom. The summed E-state index contributed by atoms with van der Waals surface area (Å²) in [6.45, 7) is -1.14. The number of hydrogen-bond acceptors (Lipinski definition) is 8. The summed E-state index contributed by atoms with van der Waals surface area (Å²) in [4.78, 5) is 29.9. The normalized spacial score (nSPS) is 17.7. The number of hydrogen-bond donors (Lipinski definition) is 3. The fourth-order valence-electron chi connectivity index (χ4n) is 0.763. The predicted molar refractivity (Wildman–Crippen MR) is 42.5 cm³/mol. The van der Waals surface area contributed by atoms with Gasteiger partial charge in [0.1, 0.15) is 18.3 Å². The Labute approximate surface area is 187 Å². The summed E-state index contributed by atoms with van der Waals surface area (Å²) < 4.78 is 26.1. The van der Waals surface area contributed by atoms with Gasteiger partial charge in [-0.05, 0) is 0 Å². The molecule has 0 heterocycles. The summed E-state index contributed by atoms with van der Waals surface area (Å²) in [5, 5.41) is 26.9. The molecule has 0 aromatic heterocycles. The maximum absolute atomic E-state index is 12.5. The van der Waals surface area contributed by atoms with E-state index in [1.807, 2.05) is 0 Å². The minimum atomic E-state index is -5.34. The van der Waals surface area contributed by atoms with Crippen LogP contribution in [0.1, 0.15) is 0 Å². The standard InChI is InChI=1S/C6H12FO8P.2K/c7-3(1-8)5(10)6(11)4(9)2-15-16(12,13)14;;/h1,3-6,9-11H,2H2,(H2,12,13,14);;/q;2*+1/p-2. The van der Waals surface area contributed by atoms with Crippen molar-refractivity contribution >= 4 is 14.1 Å². The second-order valence-electron chi connectivity index (χ2n) is 2.87. The van der Waals surface area contributed by atoms with E-state index in [1.165, 1.54) is 0 Å². The number of carbonyl (C=O) groups excluding carboxylic acids is 1. The fourth-order valence-corrected chi connectivity index (χ4v) is 1.10. The molecule has 0 radical (unpaired) electrons. The molecule has 0 aromatic carbocycles. The molecular formula is C6H10FK2O8P. The van der Waals surface area contributed by atoms with Crippen molar-refractivity contribution in [3.63, 3.8) is 0 Å². The van der Waals surface area contributed by atoms with Crippen LogP contribution in [-0.2, 0) is 13.9 Å². The van der Waals surface area contributed by atoms with Gasteiger partial charge in [-0.2, -0.15) is 0 Å². The largest absolute Gasteiger partial charge is 1.00 e. The average molecular weight is 338 g/mol. The third-order valence-corrected chi connectivity index (χ3v) is 2.07. The second-order valence-corrected chi connectivity index (χ2v) is 4.02. The van der Waals surface area contributed by atoms with Crippen LogP contribution in [0, 0.1) is 0 Å². The van der Waals surface area contributed by atoms with Crippen molar-refractivity contribution in [1.29, 1.82) is 0 Å². The Kier molecular flexibility index (Phi) is 17.8. The van der Waals surface area contributed by atoms with Gasteiger partial charge >= 0.3 is 103 Å². The maximum atomic E-state index is 12.5. The number of halogens is 1. The van der Waals surface area contributed by atoms with Crippen molar-refractivity contribution in [1.82, 2.24) is 0 Å². The van der Waals surface area contributed by atoms with Crippen molar-refractivity contribution in [2.45, 2.75) is 24.5 Å². The third-order valence-electron chi connectivity index (χ3n) is 1.60. The Bertz CT molecular complexity index is 276. The average Bonchev–Trinajstić information content (AvgIpc) is 2.21. The molecule has 8 nitrogen and oxygen atoms in total. The molecule has 0 rings (SSSR count). The number of phosphoric acid groups is 1. The summed E-state index contributed by atoms with van der Waals surface area (Å²) >= 11 is 0. The van der Waals surface area contributed by atoms with E-state index in [1.54, 1.807) is 0 Å². The zero-order chi connectivity index (χ0) is 12.9. The van der Waals surface area contributed by atoms with Gasteiger partial charge in [0.15, 0.2) is 12.5 Å². The number of carbonyl (C=O) groups is 1. The van der Waals surface area contributed by atoms with Gasteiger partial charge in [-0.25, -0.2) is 4.39 Å². The summed E-state index contributed by atoms with van der Waals surface area (Å²) in [6, 6.07) is 0. The SMILES string of the molecule is O=CC(F)C(O)C(O)C(O)COP(=O)([O-])[O-].[K+].[K+]. The van der Waals surface area contributed by atoms with E-state index < -0.39 is 38.9 Å². The molecule has 4 unspecified atom stereocenters. The van der Waals surface area contributed by atoms with Gasteiger partial charge in [0.25, 0.3) is 0 Å². The van der Waals surface area contributed by atoms with Crippen LogP contribution in [0.5, 0.6) is 0 Å². The first-order chi connectivity index (χ1) is 7.19. The molecule has 18 heavy (non-hydrogen) atoms. The summed E-state index contributed by atoms with van der Waals surface area (Å²) in [5.41, 5.74) is 0. The smallest absolute Gasteiger partial charge is 0.790 e. The van der Waals surface area contributed by atoms with Crippen LogP contribution in [0.3, 0.4) is 0 Å². The molecule has 12 heteroatoms. The van der Waals surface area contributed by atoms with Crippen LogP contribution in [0.25, 0.3) is 0 Å². The number of aliphatic hydroxyl groups excluding tert-OH is 3. The summed E-state index contributed by atoms with van der Waals surface area (Å²) in [5.74, 6) is 0. The first-order valence-electron chi connectivity index (χ1n) is 3.99. The van der Waals surface area contributed by atoms with Crippen molar-refractivity contribution in [2.75, 3.05) is 6.61 Å². The van der Waals surface area contributed by atoms with Gasteiger partial charge in [0, 0.05) is 0 Å². The van der Waals surface area contributed by atoms with E-state index in [4.69, 9.17) is 15.3 Å². The molecule has 0 aliphatic carbocycles. The van der Waals surface area contributed by atoms with Gasteiger partial charge in [-0.1, -0.05) is 0 Å². The van der Waals surface area contributed by atoms with E-state index >= 15 is 0 Å². The van der Waals surface area contributed by atoms with Crippen LogP contribution < -0.4 is 113 Å². The van der Waals surface area contributed by atoms with Crippen molar-refractivity contribution in [2.24, 2.45) is 0 Å². The van der Waals surface area contributed by atoms with Crippen LogP contribution in [-0.4, -0.2) is 52.7 Å². The predicted octanol–water partition coefficient (Wildman–Crippen LogP) is -9.54. The van der Waals surface area contributed by atoms with Crippen LogP contribution in [0.4, 0.5) is 4.39 Å². The minimum absolute atomic E-state index is 0. The van der Waals surface area contributed by atoms with Crippen molar-refractivity contribution in [3.8, 4) is 0 Å². The van der Waals surface area contributed by atoms with Crippen molar-refractivity contribution in [3.05, 3.63) is 0 Å². The molecule has 0 amide bonds. The molecule has 0 fully saturated rings. The molecular weight excluding hydrogens is 328 g/mol. The van der Waals surface area contributed by atoms with Gasteiger partial charge in [-0.3, -0.25) is 0 Å². The van der Waals surface area contributed by atoms with E-state index in [-0.39, 0.29) is 109 Å². The zero-order valence-electron chi connectivity index (χ0n) is 9.80. The van der Waals surface area contributed by atoms with E-state index in [2.05, 4.69) is 4.52 Å². The number of aldehydes is 1. The van der Waals surface area contributed by atoms with Gasteiger partial charge in [0.05, 0.1) is 14.4 Å². The Hall–Kier alpha value is 2.86. The molecule has 0 bridgehead atoms. The van der Waals surface area contributed by atoms with Crippen molar-refractivity contribution < 1.29 is 146 Å². The third kappa shape index (κ3) is 11.5. The van der Waals surface area contributed by atoms with Gasteiger partial charge in [0.2, 0.25) is 0 Å². The Morgan fingerprint density at radius 3 is 2.00 bits per heavy atom. The Morgan fingerprint density at radius 2 is 1.67 bits per heavy atom. The maximum Gasteiger partial charge on any atom is 1.00 e. The van der Waals surface area contributed by atoms with E-state index in [0.717, 1.165) is 0 Å². The Balaban J connectivity index is -0.00000112. The van der Waals surface area contributed by atoms with Crippen LogP contribution in [0.15, 0.2) is 0 Å². The van der Waals surface area contributed by atoms with E-state index in [0.29, 0.717) is 0 Å². The first kappa shape index (κ1) is 25.8. The minimum Gasteiger partial charge on any atom is -0.790 e. The zero-order valence-corrected chi connectivity index (χ0v) is 16.9. The molecule has 0 aromatic rings. The molecule has 3 N–H and O–H groups in total. The quantitative estimate of drug-likeness (QED) is 0.235. The van der Waals surface area contributed by atoms with Crippen LogP contribution >= 0.6 is 7.82 Å². The molecule has 0 saturated carbocycles. The molecule has 4 atom stereocenters. The van der Waals surface area contributed by atoms with E-state index in [9.17, 15) is 23.5 Å². The molecule has 96 valence electrons. The number of aliphatic hydroxyl groups is 3. The van der Waals surface area contributed by atoms with Gasteiger partial charge < -0.3 is 39.0 Å². The molecule has 0 spiro atoms. The number of alkyl halides is 1. The molecule has 0 aliphatic heterocycles. The molecule has 0 aliphatic rings. The topological polar surface area (TPSA) is 150 Å². The summed E-state index contributed by atoms with van der Waals surface area (Å²) in [7, 11) is -5.34. The summed E-state index contributed by atoms with van der Waals surface area (Å²) in [6.07, 6.45) is -9.19. The second kappa shape index (κ2) is 12.4. The fraction of sp³-hybridized carbons (Fsp3) is 0.833. The number of rotatable bonds is 7. The van der Waals surface area contributed by atoms with Gasteiger partial charge in [-0.15, -0.1) is 0 Å². The molecule has 0 saturated heterocycles. The monoisotopic (exact) mass is 338 g/mol. The first-order valence-corrected chi connectivity index (χ1v) is 5.45. The number of phosphoric ester groups is 1.